The van der Waals surface area contributed by atoms with E-state index in [-0.39, 0.29) is 23.8 Å². The number of pyridine rings is 1. The monoisotopic (exact) mass is 550 g/mol. The van der Waals surface area contributed by atoms with Crippen LogP contribution in [0.2, 0.25) is 0 Å². The van der Waals surface area contributed by atoms with Crippen LogP contribution in [0.3, 0.4) is 0 Å². The SMILES string of the molecule is CC1(c2cc(C(=O)NC(Cc3nc4ccc(-c5ccc(N)nc5)cc4o3)C(=O)NC3(C#N)CC3)n(C3CC3)n2)CC1. The van der Waals surface area contributed by atoms with E-state index in [0.717, 1.165) is 42.5 Å². The van der Waals surface area contributed by atoms with Crippen molar-refractivity contribution in [3.05, 3.63) is 59.9 Å². The third-order valence-corrected chi connectivity index (χ3v) is 8.36. The lowest BCUT2D eigenvalue weighted by Crippen LogP contribution is -2.51. The molecule has 3 aliphatic carbocycles. The fourth-order valence-corrected chi connectivity index (χ4v) is 5.04. The van der Waals surface area contributed by atoms with E-state index in [1.165, 1.54) is 0 Å². The summed E-state index contributed by atoms with van der Waals surface area (Å²) in [7, 11) is 0. The molecule has 2 amide bonds. The first-order valence-electron chi connectivity index (χ1n) is 14.0. The molecule has 11 nitrogen and oxygen atoms in total. The molecule has 1 unspecified atom stereocenters. The second kappa shape index (κ2) is 9.16. The summed E-state index contributed by atoms with van der Waals surface area (Å²) < 4.78 is 7.87. The van der Waals surface area contributed by atoms with E-state index in [4.69, 9.17) is 15.2 Å². The van der Waals surface area contributed by atoms with Crippen molar-refractivity contribution in [2.24, 2.45) is 0 Å². The van der Waals surface area contributed by atoms with Crippen molar-refractivity contribution < 1.29 is 14.0 Å². The number of amides is 2. The summed E-state index contributed by atoms with van der Waals surface area (Å²) in [4.78, 5) is 35.8. The maximum atomic E-state index is 13.6. The molecule has 3 aromatic heterocycles. The van der Waals surface area contributed by atoms with Crippen molar-refractivity contribution in [1.82, 2.24) is 30.4 Å². The van der Waals surface area contributed by atoms with Gasteiger partial charge < -0.3 is 20.8 Å². The van der Waals surface area contributed by atoms with E-state index in [1.807, 2.05) is 35.0 Å². The fourth-order valence-electron chi connectivity index (χ4n) is 5.04. The minimum atomic E-state index is -0.996. The van der Waals surface area contributed by atoms with Crippen LogP contribution in [0.1, 0.15) is 73.6 Å². The van der Waals surface area contributed by atoms with Crippen molar-refractivity contribution in [1.29, 1.82) is 5.26 Å². The van der Waals surface area contributed by atoms with Crippen LogP contribution >= 0.6 is 0 Å². The first-order chi connectivity index (χ1) is 19.7. The van der Waals surface area contributed by atoms with Crippen LogP contribution in [0.5, 0.6) is 0 Å². The lowest BCUT2D eigenvalue weighted by atomic mass is 10.1. The van der Waals surface area contributed by atoms with Gasteiger partial charge in [-0.2, -0.15) is 10.4 Å². The molecular weight excluding hydrogens is 520 g/mol. The van der Waals surface area contributed by atoms with Gasteiger partial charge in [0.1, 0.15) is 28.6 Å². The molecule has 0 saturated heterocycles. The fraction of sp³-hybridized carbons (Fsp3) is 0.400. The Balaban J connectivity index is 1.16. The minimum absolute atomic E-state index is 0.0105. The average Bonchev–Trinajstić information content (AvgIpc) is 3.93. The second-order valence-electron chi connectivity index (χ2n) is 11.8. The van der Waals surface area contributed by atoms with Gasteiger partial charge in [0.2, 0.25) is 5.91 Å². The van der Waals surface area contributed by atoms with Crippen LogP contribution in [-0.4, -0.2) is 43.1 Å². The molecule has 0 bridgehead atoms. The number of nitrogens with one attached hydrogen (secondary N) is 2. The molecular formula is C30H30N8O3. The van der Waals surface area contributed by atoms with Gasteiger partial charge in [-0.1, -0.05) is 13.0 Å². The zero-order chi connectivity index (χ0) is 28.4. The molecule has 1 aromatic carbocycles. The average molecular weight is 551 g/mol. The summed E-state index contributed by atoms with van der Waals surface area (Å²) >= 11 is 0. The van der Waals surface area contributed by atoms with Crippen LogP contribution in [0.15, 0.2) is 47.0 Å². The highest BCUT2D eigenvalue weighted by atomic mass is 16.3. The van der Waals surface area contributed by atoms with E-state index in [9.17, 15) is 14.9 Å². The Kier molecular flexibility index (Phi) is 5.64. The first-order valence-corrected chi connectivity index (χ1v) is 14.0. The second-order valence-corrected chi connectivity index (χ2v) is 11.8. The number of nitrogens with two attached hydrogens (primary N) is 1. The predicted molar refractivity (Wildman–Crippen MR) is 149 cm³/mol. The van der Waals surface area contributed by atoms with Crippen molar-refractivity contribution in [3.63, 3.8) is 0 Å². The molecule has 3 aliphatic rings. The van der Waals surface area contributed by atoms with Crippen LogP contribution in [0.25, 0.3) is 22.2 Å². The highest BCUT2D eigenvalue weighted by molar-refractivity contribution is 5.97. The topological polar surface area (TPSA) is 165 Å². The van der Waals surface area contributed by atoms with E-state index in [0.29, 0.717) is 41.3 Å². The van der Waals surface area contributed by atoms with E-state index in [1.54, 1.807) is 12.3 Å². The van der Waals surface area contributed by atoms with Crippen LogP contribution in [-0.2, 0) is 16.6 Å². The number of nitrogen functional groups attached to an aromatic ring is 1. The van der Waals surface area contributed by atoms with Crippen LogP contribution in [0, 0.1) is 11.3 Å². The smallest absolute Gasteiger partial charge is 0.270 e. The lowest BCUT2D eigenvalue weighted by Gasteiger charge is -2.19. The van der Waals surface area contributed by atoms with Crippen molar-refractivity contribution in [2.75, 3.05) is 5.73 Å². The molecule has 3 fully saturated rings. The molecule has 0 radical (unpaired) electrons. The quantitative estimate of drug-likeness (QED) is 0.285. The number of hydrogen-bond donors (Lipinski definition) is 3. The van der Waals surface area contributed by atoms with Crippen LogP contribution in [0.4, 0.5) is 5.82 Å². The molecule has 1 atom stereocenters. The number of rotatable bonds is 9. The molecule has 3 saturated carbocycles. The van der Waals surface area contributed by atoms with Gasteiger partial charge in [-0.3, -0.25) is 14.3 Å². The molecule has 11 heteroatoms. The number of benzene rings is 1. The Bertz CT molecular complexity index is 1720. The summed E-state index contributed by atoms with van der Waals surface area (Å²) in [6, 6.07) is 12.5. The van der Waals surface area contributed by atoms with Gasteiger partial charge in [0.25, 0.3) is 5.91 Å². The summed E-state index contributed by atoms with van der Waals surface area (Å²) in [6.07, 6.45) is 6.92. The number of aromatic nitrogens is 4. The summed E-state index contributed by atoms with van der Waals surface area (Å²) in [5, 5.41) is 20.1. The highest BCUT2D eigenvalue weighted by Gasteiger charge is 2.46. The molecule has 41 heavy (non-hydrogen) atoms. The van der Waals surface area contributed by atoms with Gasteiger partial charge in [-0.25, -0.2) is 9.97 Å². The number of hydrogen-bond acceptors (Lipinski definition) is 8. The van der Waals surface area contributed by atoms with Gasteiger partial charge >= 0.3 is 0 Å². The third-order valence-electron chi connectivity index (χ3n) is 8.36. The number of nitrogens with zero attached hydrogens (tertiary/aromatic N) is 5. The van der Waals surface area contributed by atoms with E-state index in [2.05, 4.69) is 33.6 Å². The first kappa shape index (κ1) is 25.3. The molecule has 0 aliphatic heterocycles. The molecule has 7 rings (SSSR count). The third kappa shape index (κ3) is 4.90. The number of carbonyl (C=O) groups is 2. The minimum Gasteiger partial charge on any atom is -0.441 e. The summed E-state index contributed by atoms with van der Waals surface area (Å²) in [5.41, 5.74) is 9.15. The Hall–Kier alpha value is -4.72. The Labute approximate surface area is 236 Å². The Morgan fingerprint density at radius 2 is 1.95 bits per heavy atom. The Morgan fingerprint density at radius 3 is 2.61 bits per heavy atom. The van der Waals surface area contributed by atoms with Gasteiger partial charge in [0.15, 0.2) is 11.5 Å². The van der Waals surface area contributed by atoms with Crippen molar-refractivity contribution in [3.8, 4) is 17.2 Å². The predicted octanol–water partition coefficient (Wildman–Crippen LogP) is 3.57. The van der Waals surface area contributed by atoms with E-state index < -0.39 is 17.5 Å². The van der Waals surface area contributed by atoms with Gasteiger partial charge in [0.05, 0.1) is 24.2 Å². The van der Waals surface area contributed by atoms with Crippen LogP contribution < -0.4 is 16.4 Å². The molecule has 208 valence electrons. The summed E-state index contributed by atoms with van der Waals surface area (Å²) in [6.45, 7) is 2.16. The maximum Gasteiger partial charge on any atom is 0.270 e. The van der Waals surface area contributed by atoms with Crippen molar-refractivity contribution in [2.45, 2.75) is 74.9 Å². The number of nitriles is 1. The standard InChI is InChI=1S/C30H30N8O3/c1-29(8-9-29)24-14-22(38(37-24)19-4-5-19)28(40)35-21(27(39)36-30(16-31)10-11-30)13-26-34-20-6-2-17(12-23(20)41-26)18-3-7-25(32)33-15-18/h2-3,6-7,12,14-15,19,21H,4-5,8-11,13H2,1H3,(H2,32,33)(H,35,40)(H,36,39). The molecule has 4 N–H and O–H groups in total. The maximum absolute atomic E-state index is 13.6. The van der Waals surface area contributed by atoms with Crippen molar-refractivity contribution >= 4 is 28.7 Å². The number of anilines is 1. The van der Waals surface area contributed by atoms with Gasteiger partial charge in [0, 0.05) is 17.2 Å². The molecule has 3 heterocycles. The number of oxazole rings is 1. The summed E-state index contributed by atoms with van der Waals surface area (Å²) in [5.74, 6) is -0.0846. The van der Waals surface area contributed by atoms with E-state index >= 15 is 0 Å². The lowest BCUT2D eigenvalue weighted by molar-refractivity contribution is -0.123. The Morgan fingerprint density at radius 1 is 1.17 bits per heavy atom. The highest BCUT2D eigenvalue weighted by Crippen LogP contribution is 2.48. The van der Waals surface area contributed by atoms with Gasteiger partial charge in [-0.05, 0) is 74.4 Å². The van der Waals surface area contributed by atoms with Gasteiger partial charge in [-0.15, -0.1) is 0 Å². The normalized spacial score (nSPS) is 18.8. The largest absolute Gasteiger partial charge is 0.441 e. The molecule has 4 aromatic rings. The zero-order valence-corrected chi connectivity index (χ0v) is 22.7. The zero-order valence-electron chi connectivity index (χ0n) is 22.7. The number of carbonyl (C=O) groups excluding carboxylic acids is 2. The number of fused-ring (bicyclic) bond motifs is 1. The molecule has 0 spiro atoms.